The molecule has 2 rings (SSSR count). The summed E-state index contributed by atoms with van der Waals surface area (Å²) in [5.41, 5.74) is 0.563. The fraction of sp³-hybridized carbons (Fsp3) is 0.0769. The van der Waals surface area contributed by atoms with E-state index >= 15 is 0 Å². The Morgan fingerprint density at radius 1 is 1.30 bits per heavy atom. The average Bonchev–Trinajstić information content (AvgIpc) is 2.36. The van der Waals surface area contributed by atoms with E-state index in [1.807, 2.05) is 0 Å². The van der Waals surface area contributed by atoms with Crippen LogP contribution < -0.4 is 5.32 Å². The van der Waals surface area contributed by atoms with E-state index in [1.165, 1.54) is 30.3 Å². The molecule has 0 aromatic heterocycles. The van der Waals surface area contributed by atoms with Crippen molar-refractivity contribution in [1.29, 1.82) is 0 Å². The van der Waals surface area contributed by atoms with Crippen LogP contribution in [0.15, 0.2) is 36.4 Å². The van der Waals surface area contributed by atoms with Gasteiger partial charge in [-0.1, -0.05) is 11.6 Å². The van der Waals surface area contributed by atoms with Gasteiger partial charge in [0.05, 0.1) is 4.92 Å². The summed E-state index contributed by atoms with van der Waals surface area (Å²) in [5.74, 6) is -0.778. The molecule has 0 aliphatic rings. The van der Waals surface area contributed by atoms with Crippen molar-refractivity contribution in [3.8, 4) is 5.75 Å². The van der Waals surface area contributed by atoms with Gasteiger partial charge in [0.2, 0.25) is 0 Å². The van der Waals surface area contributed by atoms with Crippen LogP contribution in [-0.4, -0.2) is 10.0 Å². The summed E-state index contributed by atoms with van der Waals surface area (Å²) < 4.78 is 13.1. The van der Waals surface area contributed by atoms with Crippen molar-refractivity contribution in [3.63, 3.8) is 0 Å². The first kappa shape index (κ1) is 14.1. The molecule has 5 nitrogen and oxygen atoms in total. The molecule has 2 aromatic rings. The molecule has 0 atom stereocenters. The minimum absolute atomic E-state index is 0.133. The SMILES string of the molecule is O=[N+]([O-])c1cc(Cl)ccc1NCc1cc(O)cc(F)c1. The molecule has 104 valence electrons. The Bertz CT molecular complexity index is 644. The van der Waals surface area contributed by atoms with E-state index in [0.717, 1.165) is 6.07 Å². The largest absolute Gasteiger partial charge is 0.508 e. The molecule has 0 aliphatic heterocycles. The minimum atomic E-state index is -0.576. The maximum Gasteiger partial charge on any atom is 0.293 e. The van der Waals surface area contributed by atoms with E-state index in [4.69, 9.17) is 11.6 Å². The maximum absolute atomic E-state index is 13.1. The maximum atomic E-state index is 13.1. The zero-order chi connectivity index (χ0) is 14.7. The van der Waals surface area contributed by atoms with Crippen molar-refractivity contribution in [3.05, 3.63) is 62.9 Å². The topological polar surface area (TPSA) is 75.4 Å². The van der Waals surface area contributed by atoms with Gasteiger partial charge in [-0.05, 0) is 29.8 Å². The number of nitrogens with one attached hydrogen (secondary N) is 1. The highest BCUT2D eigenvalue weighted by molar-refractivity contribution is 6.30. The molecule has 0 unspecified atom stereocenters. The van der Waals surface area contributed by atoms with Crippen molar-refractivity contribution < 1.29 is 14.4 Å². The number of halogens is 2. The van der Waals surface area contributed by atoms with Crippen LogP contribution >= 0.6 is 11.6 Å². The van der Waals surface area contributed by atoms with Gasteiger partial charge in [0.1, 0.15) is 17.3 Å². The van der Waals surface area contributed by atoms with Crippen molar-refractivity contribution in [2.75, 3.05) is 5.32 Å². The summed E-state index contributed by atoms with van der Waals surface area (Å²) >= 11 is 5.70. The van der Waals surface area contributed by atoms with Gasteiger partial charge in [-0.15, -0.1) is 0 Å². The molecule has 0 heterocycles. The number of aromatic hydroxyl groups is 1. The molecule has 0 fully saturated rings. The minimum Gasteiger partial charge on any atom is -0.508 e. The number of phenolic OH excluding ortho intramolecular Hbond substituents is 1. The first-order chi connectivity index (χ1) is 9.45. The van der Waals surface area contributed by atoms with Crippen LogP contribution in [0.25, 0.3) is 0 Å². The fourth-order valence-electron chi connectivity index (χ4n) is 1.74. The van der Waals surface area contributed by atoms with E-state index in [-0.39, 0.29) is 28.7 Å². The van der Waals surface area contributed by atoms with Gasteiger partial charge >= 0.3 is 0 Å². The number of nitrogens with zero attached hydrogens (tertiary/aromatic N) is 1. The van der Waals surface area contributed by atoms with Crippen LogP contribution in [0.3, 0.4) is 0 Å². The summed E-state index contributed by atoms with van der Waals surface area (Å²) in [6.07, 6.45) is 0. The summed E-state index contributed by atoms with van der Waals surface area (Å²) in [4.78, 5) is 10.3. The monoisotopic (exact) mass is 296 g/mol. The molecule has 0 bridgehead atoms. The zero-order valence-corrected chi connectivity index (χ0v) is 10.9. The first-order valence-electron chi connectivity index (χ1n) is 5.62. The molecule has 0 saturated heterocycles. The highest BCUT2D eigenvalue weighted by atomic mass is 35.5. The molecule has 0 aliphatic carbocycles. The van der Waals surface area contributed by atoms with Crippen LogP contribution in [-0.2, 0) is 6.54 Å². The Morgan fingerprint density at radius 3 is 2.70 bits per heavy atom. The van der Waals surface area contributed by atoms with Gasteiger partial charge in [0, 0.05) is 23.7 Å². The van der Waals surface area contributed by atoms with E-state index in [9.17, 15) is 19.6 Å². The molecular formula is C13H10ClFN2O3. The molecular weight excluding hydrogens is 287 g/mol. The van der Waals surface area contributed by atoms with Gasteiger partial charge < -0.3 is 10.4 Å². The third kappa shape index (κ3) is 3.36. The lowest BCUT2D eigenvalue weighted by Gasteiger charge is -2.08. The van der Waals surface area contributed by atoms with Crippen molar-refractivity contribution in [2.45, 2.75) is 6.54 Å². The predicted octanol–water partition coefficient (Wildman–Crippen LogP) is 3.71. The molecule has 2 aromatic carbocycles. The zero-order valence-electron chi connectivity index (χ0n) is 10.1. The van der Waals surface area contributed by atoms with Gasteiger partial charge in [-0.25, -0.2) is 4.39 Å². The third-order valence-electron chi connectivity index (χ3n) is 2.58. The van der Waals surface area contributed by atoms with E-state index < -0.39 is 10.7 Å². The highest BCUT2D eigenvalue weighted by Crippen LogP contribution is 2.28. The van der Waals surface area contributed by atoms with Crippen LogP contribution in [0.5, 0.6) is 5.75 Å². The standard InChI is InChI=1S/C13H10ClFN2O3/c14-9-1-2-12(13(5-9)17(19)20)16-7-8-3-10(15)6-11(18)4-8/h1-6,16,18H,7H2. The lowest BCUT2D eigenvalue weighted by molar-refractivity contribution is -0.383. The van der Waals surface area contributed by atoms with Crippen molar-refractivity contribution in [1.82, 2.24) is 0 Å². The molecule has 0 saturated carbocycles. The molecule has 0 spiro atoms. The number of rotatable bonds is 4. The second-order valence-corrected chi connectivity index (χ2v) is 4.53. The number of nitro benzene ring substituents is 1. The van der Waals surface area contributed by atoms with Gasteiger partial charge in [0.15, 0.2) is 0 Å². The van der Waals surface area contributed by atoms with Crippen LogP contribution in [0.4, 0.5) is 15.8 Å². The highest BCUT2D eigenvalue weighted by Gasteiger charge is 2.14. The number of hydrogen-bond acceptors (Lipinski definition) is 4. The van der Waals surface area contributed by atoms with Gasteiger partial charge in [0.25, 0.3) is 5.69 Å². The smallest absolute Gasteiger partial charge is 0.293 e. The summed E-state index contributed by atoms with van der Waals surface area (Å²) in [7, 11) is 0. The van der Waals surface area contributed by atoms with Gasteiger partial charge in [-0.3, -0.25) is 10.1 Å². The number of phenols is 1. The Balaban J connectivity index is 2.20. The second kappa shape index (κ2) is 5.75. The van der Waals surface area contributed by atoms with E-state index in [0.29, 0.717) is 5.56 Å². The number of hydrogen-bond donors (Lipinski definition) is 2. The normalized spacial score (nSPS) is 10.3. The fourth-order valence-corrected chi connectivity index (χ4v) is 1.90. The Kier molecular flexibility index (Phi) is 4.05. The van der Waals surface area contributed by atoms with Crippen LogP contribution in [0.2, 0.25) is 5.02 Å². The number of benzene rings is 2. The number of anilines is 1. The van der Waals surface area contributed by atoms with E-state index in [1.54, 1.807) is 0 Å². The quantitative estimate of drug-likeness (QED) is 0.666. The molecule has 0 radical (unpaired) electrons. The summed E-state index contributed by atoms with van der Waals surface area (Å²) in [5, 5.41) is 23.2. The summed E-state index contributed by atoms with van der Waals surface area (Å²) in [6.45, 7) is 0.133. The van der Waals surface area contributed by atoms with Crippen molar-refractivity contribution >= 4 is 23.0 Å². The molecule has 7 heteroatoms. The van der Waals surface area contributed by atoms with Crippen LogP contribution in [0, 0.1) is 15.9 Å². The lowest BCUT2D eigenvalue weighted by Crippen LogP contribution is -2.03. The summed E-state index contributed by atoms with van der Waals surface area (Å²) in [6, 6.07) is 7.80. The average molecular weight is 297 g/mol. The Morgan fingerprint density at radius 2 is 2.05 bits per heavy atom. The molecule has 2 N–H and O–H groups in total. The second-order valence-electron chi connectivity index (χ2n) is 4.09. The van der Waals surface area contributed by atoms with Crippen molar-refractivity contribution in [2.24, 2.45) is 0 Å². The predicted molar refractivity (Wildman–Crippen MR) is 73.5 cm³/mol. The Labute approximate surface area is 118 Å². The lowest BCUT2D eigenvalue weighted by atomic mass is 10.2. The third-order valence-corrected chi connectivity index (χ3v) is 2.82. The number of nitro groups is 1. The van der Waals surface area contributed by atoms with E-state index in [2.05, 4.69) is 5.32 Å². The first-order valence-corrected chi connectivity index (χ1v) is 6.00. The molecule has 0 amide bonds. The molecule has 20 heavy (non-hydrogen) atoms. The van der Waals surface area contributed by atoms with Gasteiger partial charge in [-0.2, -0.15) is 0 Å². The Hall–Kier alpha value is -2.34. The van der Waals surface area contributed by atoms with Crippen LogP contribution in [0.1, 0.15) is 5.56 Å².